The van der Waals surface area contributed by atoms with Crippen molar-refractivity contribution in [1.82, 2.24) is 14.9 Å². The Balaban J connectivity index is 1.72. The lowest BCUT2D eigenvalue weighted by Crippen LogP contribution is -2.26. The van der Waals surface area contributed by atoms with Crippen LogP contribution in [0.25, 0.3) is 0 Å². The van der Waals surface area contributed by atoms with Crippen molar-refractivity contribution in [2.45, 2.75) is 19.9 Å². The minimum atomic E-state index is 0.0487. The highest BCUT2D eigenvalue weighted by atomic mass is 79.9. The van der Waals surface area contributed by atoms with Gasteiger partial charge < -0.3 is 4.90 Å². The molecule has 0 bridgehead atoms. The Hall–Kier alpha value is -1.75. The molecule has 1 amide bonds. The molecule has 0 aliphatic carbocycles. The van der Waals surface area contributed by atoms with Crippen LogP contribution in [0, 0.1) is 6.92 Å². The van der Waals surface area contributed by atoms with Crippen LogP contribution in [-0.4, -0.2) is 27.3 Å². The van der Waals surface area contributed by atoms with Crippen LogP contribution in [0.2, 0.25) is 0 Å². The predicted octanol–water partition coefficient (Wildman–Crippen LogP) is 2.75. The van der Waals surface area contributed by atoms with Crippen LogP contribution < -0.4 is 0 Å². The molecule has 1 aliphatic rings. The number of halogens is 1. The van der Waals surface area contributed by atoms with Gasteiger partial charge in [-0.2, -0.15) is 0 Å². The fraction of sp³-hybridized carbons (Fsp3) is 0.267. The molecule has 0 spiro atoms. The molecule has 3 rings (SSSR count). The first kappa shape index (κ1) is 13.2. The average molecular weight is 332 g/mol. The van der Waals surface area contributed by atoms with E-state index in [0.717, 1.165) is 22.3 Å². The van der Waals surface area contributed by atoms with E-state index in [1.165, 1.54) is 5.56 Å². The summed E-state index contributed by atoms with van der Waals surface area (Å²) >= 11 is 3.42. The summed E-state index contributed by atoms with van der Waals surface area (Å²) in [4.78, 5) is 22.8. The van der Waals surface area contributed by atoms with Gasteiger partial charge in [0.1, 0.15) is 0 Å². The van der Waals surface area contributed by atoms with E-state index in [-0.39, 0.29) is 5.91 Å². The molecule has 2 aromatic heterocycles. The maximum atomic E-state index is 12.3. The molecule has 0 saturated carbocycles. The summed E-state index contributed by atoms with van der Waals surface area (Å²) in [5.41, 5.74) is 3.75. The van der Waals surface area contributed by atoms with Gasteiger partial charge in [0.05, 0.1) is 17.8 Å². The van der Waals surface area contributed by atoms with Gasteiger partial charge >= 0.3 is 0 Å². The molecule has 20 heavy (non-hydrogen) atoms. The maximum absolute atomic E-state index is 12.3. The molecule has 0 atom stereocenters. The van der Waals surface area contributed by atoms with Crippen LogP contribution in [0.5, 0.6) is 0 Å². The van der Waals surface area contributed by atoms with Crippen molar-refractivity contribution < 1.29 is 4.79 Å². The normalized spacial score (nSPS) is 13.7. The predicted molar refractivity (Wildman–Crippen MR) is 79.4 cm³/mol. The number of aromatic nitrogens is 2. The monoisotopic (exact) mass is 331 g/mol. The van der Waals surface area contributed by atoms with Crippen LogP contribution in [0.15, 0.2) is 35.1 Å². The molecule has 3 heterocycles. The first-order valence-corrected chi connectivity index (χ1v) is 7.28. The van der Waals surface area contributed by atoms with Crippen LogP contribution in [-0.2, 0) is 13.0 Å². The SMILES string of the molecule is Cc1ccnc(CCN2Cc3nccc(Br)c3C2=O)c1. The number of carbonyl (C=O) groups excluding carboxylic acids is 1. The number of amides is 1. The minimum absolute atomic E-state index is 0.0487. The lowest BCUT2D eigenvalue weighted by Gasteiger charge is -2.14. The van der Waals surface area contributed by atoms with Crippen LogP contribution in [0.3, 0.4) is 0 Å². The van der Waals surface area contributed by atoms with E-state index < -0.39 is 0 Å². The third kappa shape index (κ3) is 2.45. The summed E-state index contributed by atoms with van der Waals surface area (Å²) in [5.74, 6) is 0.0487. The zero-order valence-electron chi connectivity index (χ0n) is 11.1. The summed E-state index contributed by atoms with van der Waals surface area (Å²) in [5, 5.41) is 0. The first-order chi connectivity index (χ1) is 9.65. The maximum Gasteiger partial charge on any atom is 0.257 e. The Morgan fingerprint density at radius 2 is 2.10 bits per heavy atom. The minimum Gasteiger partial charge on any atom is -0.332 e. The van der Waals surface area contributed by atoms with Crippen LogP contribution in [0.1, 0.15) is 27.3 Å². The molecule has 4 nitrogen and oxygen atoms in total. The van der Waals surface area contributed by atoms with Crippen molar-refractivity contribution in [2.24, 2.45) is 0 Å². The van der Waals surface area contributed by atoms with Gasteiger partial charge in [0.15, 0.2) is 0 Å². The van der Waals surface area contributed by atoms with Crippen molar-refractivity contribution in [3.05, 3.63) is 57.6 Å². The van der Waals surface area contributed by atoms with Crippen LogP contribution >= 0.6 is 15.9 Å². The molecule has 0 N–H and O–H groups in total. The Bertz CT molecular complexity index is 672. The second kappa shape index (κ2) is 5.32. The van der Waals surface area contributed by atoms with Gasteiger partial charge in [0.2, 0.25) is 0 Å². The Labute approximate surface area is 126 Å². The third-order valence-corrected chi connectivity index (χ3v) is 4.09. The molecular weight excluding hydrogens is 318 g/mol. The second-order valence-electron chi connectivity index (χ2n) is 4.92. The highest BCUT2D eigenvalue weighted by molar-refractivity contribution is 9.10. The van der Waals surface area contributed by atoms with Gasteiger partial charge in [0.25, 0.3) is 5.91 Å². The van der Waals surface area contributed by atoms with Gasteiger partial charge in [-0.25, -0.2) is 0 Å². The molecule has 0 saturated heterocycles. The van der Waals surface area contributed by atoms with E-state index in [1.807, 2.05) is 30.2 Å². The summed E-state index contributed by atoms with van der Waals surface area (Å²) in [6.07, 6.45) is 4.30. The smallest absolute Gasteiger partial charge is 0.257 e. The van der Waals surface area contributed by atoms with Crippen molar-refractivity contribution in [3.8, 4) is 0 Å². The average Bonchev–Trinajstić information content (AvgIpc) is 2.75. The topological polar surface area (TPSA) is 46.1 Å². The fourth-order valence-corrected chi connectivity index (χ4v) is 2.92. The largest absolute Gasteiger partial charge is 0.332 e. The van der Waals surface area contributed by atoms with E-state index in [9.17, 15) is 4.79 Å². The van der Waals surface area contributed by atoms with Gasteiger partial charge in [-0.1, -0.05) is 0 Å². The molecule has 0 radical (unpaired) electrons. The summed E-state index contributed by atoms with van der Waals surface area (Å²) in [7, 11) is 0. The van der Waals surface area contributed by atoms with E-state index in [4.69, 9.17) is 0 Å². The number of carbonyl (C=O) groups is 1. The molecule has 0 aromatic carbocycles. The third-order valence-electron chi connectivity index (χ3n) is 3.43. The van der Waals surface area contributed by atoms with E-state index in [0.29, 0.717) is 18.7 Å². The van der Waals surface area contributed by atoms with Gasteiger partial charge in [-0.15, -0.1) is 0 Å². The van der Waals surface area contributed by atoms with Crippen molar-refractivity contribution in [3.63, 3.8) is 0 Å². The van der Waals surface area contributed by atoms with E-state index >= 15 is 0 Å². The number of hydrogen-bond donors (Lipinski definition) is 0. The highest BCUT2D eigenvalue weighted by Crippen LogP contribution is 2.27. The van der Waals surface area contributed by atoms with Gasteiger partial charge in [-0.3, -0.25) is 14.8 Å². The number of hydrogen-bond acceptors (Lipinski definition) is 3. The molecule has 102 valence electrons. The number of rotatable bonds is 3. The highest BCUT2D eigenvalue weighted by Gasteiger charge is 2.30. The second-order valence-corrected chi connectivity index (χ2v) is 5.77. The Morgan fingerprint density at radius 3 is 2.85 bits per heavy atom. The molecular formula is C15H14BrN3O. The zero-order valence-corrected chi connectivity index (χ0v) is 12.7. The quantitative estimate of drug-likeness (QED) is 0.868. The first-order valence-electron chi connectivity index (χ1n) is 6.49. The molecule has 1 aliphatic heterocycles. The number of fused-ring (bicyclic) bond motifs is 1. The molecule has 2 aromatic rings. The van der Waals surface area contributed by atoms with Crippen LogP contribution in [0.4, 0.5) is 0 Å². The Morgan fingerprint density at radius 1 is 1.30 bits per heavy atom. The Kier molecular flexibility index (Phi) is 3.53. The van der Waals surface area contributed by atoms with Crippen molar-refractivity contribution >= 4 is 21.8 Å². The zero-order chi connectivity index (χ0) is 14.1. The number of nitrogens with zero attached hydrogens (tertiary/aromatic N) is 3. The standard InChI is InChI=1S/C15H14BrN3O/c1-10-2-5-17-11(8-10)4-7-19-9-13-14(15(19)20)12(16)3-6-18-13/h2-3,5-6,8H,4,7,9H2,1H3. The number of pyridine rings is 2. The fourth-order valence-electron chi connectivity index (χ4n) is 2.40. The summed E-state index contributed by atoms with van der Waals surface area (Å²) < 4.78 is 0.823. The van der Waals surface area contributed by atoms with E-state index in [2.05, 4.69) is 32.0 Å². The number of aryl methyl sites for hydroxylation is 1. The molecule has 5 heteroatoms. The summed E-state index contributed by atoms with van der Waals surface area (Å²) in [6, 6.07) is 5.84. The van der Waals surface area contributed by atoms with Gasteiger partial charge in [-0.05, 0) is 46.6 Å². The molecule has 0 fully saturated rings. The summed E-state index contributed by atoms with van der Waals surface area (Å²) in [6.45, 7) is 3.29. The van der Waals surface area contributed by atoms with Crippen molar-refractivity contribution in [1.29, 1.82) is 0 Å². The van der Waals surface area contributed by atoms with Gasteiger partial charge in [0, 0.05) is 35.5 Å². The van der Waals surface area contributed by atoms with Crippen molar-refractivity contribution in [2.75, 3.05) is 6.54 Å². The molecule has 0 unspecified atom stereocenters. The lowest BCUT2D eigenvalue weighted by atomic mass is 10.2. The van der Waals surface area contributed by atoms with E-state index in [1.54, 1.807) is 6.20 Å². The lowest BCUT2D eigenvalue weighted by molar-refractivity contribution is 0.0779.